The fourth-order valence-electron chi connectivity index (χ4n) is 13.2. The molecule has 4 amide bonds. The smallest absolute Gasteiger partial charge is 0.407 e. The standard InChI is InChI=1S/C52H62N8O8/c1-49-23-37(59(39(49)25-49)45(61)41(57(3)47(63)64)33-13-19-67-51(21-33)15-16-51)43-53-27-35(55-43)31-9-5-29(6-10-31)30-7-11-32(12-8-30)36-28-54-44(56-36)38-24-50(2)26-40(50)60(38)46(62)42(58(4)48(65)66)34-14-20-68-52(22-34)17-18-52/h5-12,27-28,33-34,37-42H,13-26H2,1-4H3,(H,53,55)(H,54,56)(H,63,64)(H,65,66)/t33?,34?,37-,38-,39+,40+,41?,42?,49?,50?/m0/s1. The maximum absolute atomic E-state index is 14.7. The third kappa shape index (κ3) is 7.30. The number of likely N-dealkylation sites (tertiary alicyclic amines) is 2. The number of ether oxygens (including phenoxy) is 2. The molecule has 4 aliphatic heterocycles. The van der Waals surface area contributed by atoms with Crippen molar-refractivity contribution in [3.05, 3.63) is 72.6 Å². The average molecular weight is 927 g/mol. The number of fused-ring (bicyclic) bond motifs is 2. The van der Waals surface area contributed by atoms with Crippen molar-refractivity contribution >= 4 is 24.0 Å². The highest BCUT2D eigenvalue weighted by molar-refractivity contribution is 5.88. The van der Waals surface area contributed by atoms with E-state index in [4.69, 9.17) is 19.4 Å². The van der Waals surface area contributed by atoms with Gasteiger partial charge in [0.15, 0.2) is 0 Å². The molecule has 6 unspecified atom stereocenters. The van der Waals surface area contributed by atoms with E-state index in [1.54, 1.807) is 0 Å². The van der Waals surface area contributed by atoms with Crippen LogP contribution in [0, 0.1) is 22.7 Å². The number of carbonyl (C=O) groups is 4. The second kappa shape index (κ2) is 15.4. The topological polar surface area (TPSA) is 198 Å². The van der Waals surface area contributed by atoms with Gasteiger partial charge in [-0.3, -0.25) is 19.4 Å². The number of aromatic nitrogens is 4. The molecule has 10 atom stereocenters. The Morgan fingerprint density at radius 3 is 1.32 bits per heavy atom. The number of likely N-dealkylation sites (N-methyl/N-ethyl adjacent to an activating group) is 2. The molecule has 16 nitrogen and oxygen atoms in total. The number of rotatable bonds is 11. The van der Waals surface area contributed by atoms with Crippen LogP contribution in [0.25, 0.3) is 33.6 Å². The van der Waals surface area contributed by atoms with Crippen LogP contribution in [0.15, 0.2) is 60.9 Å². The fourth-order valence-corrected chi connectivity index (χ4v) is 13.2. The number of benzene rings is 2. The van der Waals surface area contributed by atoms with Crippen molar-refractivity contribution in [1.29, 1.82) is 0 Å². The van der Waals surface area contributed by atoms with E-state index in [1.807, 2.05) is 22.2 Å². The Morgan fingerprint density at radius 2 is 0.971 bits per heavy atom. The number of piperidine rings is 2. The van der Waals surface area contributed by atoms with Gasteiger partial charge in [0, 0.05) is 62.9 Å². The number of nitrogens with one attached hydrogen (secondary N) is 2. The molecule has 6 heterocycles. The zero-order valence-corrected chi connectivity index (χ0v) is 39.3. The summed E-state index contributed by atoms with van der Waals surface area (Å²) in [6.45, 7) is 5.53. The molecule has 358 valence electrons. The van der Waals surface area contributed by atoms with Gasteiger partial charge in [-0.15, -0.1) is 0 Å². The monoisotopic (exact) mass is 926 g/mol. The highest BCUT2D eigenvalue weighted by Crippen LogP contribution is 2.65. The van der Waals surface area contributed by atoms with E-state index < -0.39 is 24.3 Å². The van der Waals surface area contributed by atoms with Crippen LogP contribution in [0.2, 0.25) is 0 Å². The molecule has 0 bridgehead atoms. The molecule has 8 aliphatic rings. The van der Waals surface area contributed by atoms with Crippen molar-refractivity contribution in [1.82, 2.24) is 39.5 Å². The molecule has 8 fully saturated rings. The van der Waals surface area contributed by atoms with E-state index in [2.05, 4.69) is 72.3 Å². The lowest BCUT2D eigenvalue weighted by atomic mass is 9.85. The SMILES string of the molecule is CN(C(=O)O)C(C(=O)N1[C@H](c2nc(-c3ccc(-c4ccc(-c5c[nH]c([C@@H]6CC7(C)C[C@H]7N6C(=O)C(C6CCOC7(CC7)C6)N(C)C(=O)O)n5)cc4)cc3)c[nH]2)CC2(C)C[C@@H]12)C1CCOC2(CC2)C1. The lowest BCUT2D eigenvalue weighted by Crippen LogP contribution is -2.55. The second-order valence-corrected chi connectivity index (χ2v) is 22.4. The molecule has 4 saturated carbocycles. The molecule has 2 aromatic heterocycles. The summed E-state index contributed by atoms with van der Waals surface area (Å²) < 4.78 is 12.1. The van der Waals surface area contributed by atoms with Gasteiger partial charge in [0.1, 0.15) is 23.7 Å². The Labute approximate surface area is 395 Å². The first-order valence-electron chi connectivity index (χ1n) is 24.7. The summed E-state index contributed by atoms with van der Waals surface area (Å²) in [6, 6.07) is 14.6. The van der Waals surface area contributed by atoms with Gasteiger partial charge in [0.2, 0.25) is 11.8 Å². The lowest BCUT2D eigenvalue weighted by Gasteiger charge is -2.40. The molecule has 4 aliphatic carbocycles. The van der Waals surface area contributed by atoms with Crippen LogP contribution in [0.3, 0.4) is 0 Å². The number of carbonyl (C=O) groups excluding carboxylic acids is 2. The molecule has 4 saturated heterocycles. The van der Waals surface area contributed by atoms with Crippen molar-refractivity contribution in [3.63, 3.8) is 0 Å². The first-order valence-corrected chi connectivity index (χ1v) is 24.7. The van der Waals surface area contributed by atoms with Crippen LogP contribution in [0.4, 0.5) is 9.59 Å². The number of hydrogen-bond acceptors (Lipinski definition) is 8. The van der Waals surface area contributed by atoms with Gasteiger partial charge in [0.05, 0.1) is 34.7 Å². The summed E-state index contributed by atoms with van der Waals surface area (Å²) >= 11 is 0. The summed E-state index contributed by atoms with van der Waals surface area (Å²) in [6.07, 6.45) is 11.6. The highest BCUT2D eigenvalue weighted by atomic mass is 16.5. The maximum atomic E-state index is 14.7. The van der Waals surface area contributed by atoms with Gasteiger partial charge < -0.3 is 39.5 Å². The van der Waals surface area contributed by atoms with Crippen LogP contribution in [0.5, 0.6) is 0 Å². The summed E-state index contributed by atoms with van der Waals surface area (Å²) in [4.78, 5) is 77.4. The summed E-state index contributed by atoms with van der Waals surface area (Å²) in [5, 5.41) is 20.3. The van der Waals surface area contributed by atoms with Gasteiger partial charge in [-0.05, 0) is 111 Å². The third-order valence-corrected chi connectivity index (χ3v) is 17.8. The van der Waals surface area contributed by atoms with Crippen molar-refractivity contribution in [2.45, 2.75) is 138 Å². The van der Waals surface area contributed by atoms with Crippen molar-refractivity contribution in [3.8, 4) is 33.6 Å². The molecule has 68 heavy (non-hydrogen) atoms. The number of nitrogens with zero attached hydrogens (tertiary/aromatic N) is 6. The fraction of sp³-hybridized carbons (Fsp3) is 0.577. The number of H-pyrrole nitrogens is 2. The number of imidazole rings is 2. The Kier molecular flexibility index (Phi) is 9.85. The summed E-state index contributed by atoms with van der Waals surface area (Å²) in [7, 11) is 3.07. The molecule has 4 N–H and O–H groups in total. The Bertz CT molecular complexity index is 2490. The second-order valence-electron chi connectivity index (χ2n) is 22.4. The van der Waals surface area contributed by atoms with E-state index in [-0.39, 0.29) is 69.8 Å². The predicted octanol–water partition coefficient (Wildman–Crippen LogP) is 8.11. The average Bonchev–Trinajstić information content (AvgIpc) is 4.29. The van der Waals surface area contributed by atoms with Gasteiger partial charge in [-0.2, -0.15) is 0 Å². The molecule has 0 radical (unpaired) electrons. The molecule has 16 heteroatoms. The van der Waals surface area contributed by atoms with Gasteiger partial charge in [-0.25, -0.2) is 19.6 Å². The van der Waals surface area contributed by atoms with E-state index >= 15 is 0 Å². The van der Waals surface area contributed by atoms with Crippen LogP contribution < -0.4 is 0 Å². The quantitative estimate of drug-likeness (QED) is 0.114. The zero-order valence-electron chi connectivity index (χ0n) is 39.3. The van der Waals surface area contributed by atoms with Gasteiger partial charge in [0.25, 0.3) is 0 Å². The van der Waals surface area contributed by atoms with Crippen LogP contribution >= 0.6 is 0 Å². The number of aromatic amines is 2. The van der Waals surface area contributed by atoms with Crippen molar-refractivity contribution in [2.75, 3.05) is 27.3 Å². The number of hydrogen-bond donors (Lipinski definition) is 4. The predicted molar refractivity (Wildman–Crippen MR) is 249 cm³/mol. The van der Waals surface area contributed by atoms with Gasteiger partial charge in [-0.1, -0.05) is 62.4 Å². The van der Waals surface area contributed by atoms with E-state index in [1.165, 1.54) is 23.9 Å². The minimum absolute atomic E-state index is 0.0174. The molecular weight excluding hydrogens is 865 g/mol. The molecule has 2 aromatic carbocycles. The number of amides is 4. The van der Waals surface area contributed by atoms with Crippen molar-refractivity contribution < 1.29 is 38.9 Å². The normalized spacial score (nSPS) is 32.0. The Balaban J connectivity index is 0.733. The molecule has 12 rings (SSSR count). The highest BCUT2D eigenvalue weighted by Gasteiger charge is 2.66. The number of carboxylic acid groups (broad SMARTS) is 2. The molecular formula is C52H62N8O8. The first kappa shape index (κ1) is 43.5. The minimum Gasteiger partial charge on any atom is -0.465 e. The Morgan fingerprint density at radius 1 is 0.603 bits per heavy atom. The minimum atomic E-state index is -1.09. The Hall–Kier alpha value is -5.74. The first-order chi connectivity index (χ1) is 32.6. The largest absolute Gasteiger partial charge is 0.465 e. The molecule has 2 spiro atoms. The third-order valence-electron chi connectivity index (χ3n) is 17.8. The maximum Gasteiger partial charge on any atom is 0.407 e. The van der Waals surface area contributed by atoms with E-state index in [9.17, 15) is 29.4 Å². The van der Waals surface area contributed by atoms with E-state index in [0.717, 1.165) is 96.7 Å². The van der Waals surface area contributed by atoms with Crippen molar-refractivity contribution in [2.24, 2.45) is 22.7 Å². The van der Waals surface area contributed by atoms with Crippen LogP contribution in [0.1, 0.15) is 115 Å². The zero-order chi connectivity index (χ0) is 47.1. The summed E-state index contributed by atoms with van der Waals surface area (Å²) in [5.74, 6) is 1.00. The van der Waals surface area contributed by atoms with Gasteiger partial charge >= 0.3 is 12.2 Å². The van der Waals surface area contributed by atoms with E-state index in [0.29, 0.717) is 38.9 Å². The lowest BCUT2D eigenvalue weighted by molar-refractivity contribution is -0.144. The van der Waals surface area contributed by atoms with Crippen LogP contribution in [-0.2, 0) is 19.1 Å². The summed E-state index contributed by atoms with van der Waals surface area (Å²) in [5.41, 5.74) is 5.10. The van der Waals surface area contributed by atoms with Crippen LogP contribution in [-0.4, -0.2) is 136 Å². The molecule has 4 aromatic rings.